The maximum atomic E-state index is 14.8. The summed E-state index contributed by atoms with van der Waals surface area (Å²) in [5, 5.41) is 11.0. The third-order valence-corrected chi connectivity index (χ3v) is 9.12. The Kier molecular flexibility index (Phi) is 9.25. The number of likely N-dealkylation sites (tertiary alicyclic amines) is 1. The van der Waals surface area contributed by atoms with Crippen LogP contribution in [0.15, 0.2) is 24.4 Å². The fourth-order valence-electron chi connectivity index (χ4n) is 5.81. The predicted octanol–water partition coefficient (Wildman–Crippen LogP) is 5.25. The lowest BCUT2D eigenvalue weighted by Gasteiger charge is -2.38. The third kappa shape index (κ3) is 6.86. The average Bonchev–Trinajstić information content (AvgIpc) is 3.36. The van der Waals surface area contributed by atoms with E-state index in [1.807, 2.05) is 6.07 Å². The van der Waals surface area contributed by atoms with Crippen LogP contribution in [0, 0.1) is 17.7 Å². The number of piperidine rings is 1. The largest absolute Gasteiger partial charge is 0.497 e. The number of methoxy groups -OCH3 is 1. The quantitative estimate of drug-likeness (QED) is 0.433. The van der Waals surface area contributed by atoms with Gasteiger partial charge < -0.3 is 20.5 Å². The van der Waals surface area contributed by atoms with Crippen LogP contribution in [-0.2, 0) is 4.79 Å². The highest BCUT2D eigenvalue weighted by Crippen LogP contribution is 2.35. The van der Waals surface area contributed by atoms with Crippen LogP contribution in [-0.4, -0.2) is 58.7 Å². The second-order valence-corrected chi connectivity index (χ2v) is 11.5. The van der Waals surface area contributed by atoms with Gasteiger partial charge in [-0.2, -0.15) is 11.8 Å². The van der Waals surface area contributed by atoms with Crippen molar-refractivity contribution < 1.29 is 19.0 Å². The highest BCUT2D eigenvalue weighted by atomic mass is 32.2. The van der Waals surface area contributed by atoms with Gasteiger partial charge in [0.15, 0.2) is 0 Å². The van der Waals surface area contributed by atoms with Gasteiger partial charge in [-0.25, -0.2) is 4.39 Å². The van der Waals surface area contributed by atoms with Gasteiger partial charge in [0.25, 0.3) is 0 Å². The van der Waals surface area contributed by atoms with Crippen LogP contribution in [0.3, 0.4) is 0 Å². The van der Waals surface area contributed by atoms with Crippen molar-refractivity contribution in [3.8, 4) is 5.75 Å². The normalized spacial score (nSPS) is 22.5. The molecule has 2 fully saturated rings. The predicted molar refractivity (Wildman–Crippen MR) is 139 cm³/mol. The number of nitrogens with two attached hydrogens (primary N) is 1. The van der Waals surface area contributed by atoms with Gasteiger partial charge in [0.05, 0.1) is 18.8 Å². The molecule has 1 aliphatic carbocycles. The molecule has 2 aromatic rings. The zero-order chi connectivity index (χ0) is 24.8. The summed E-state index contributed by atoms with van der Waals surface area (Å²) in [4.78, 5) is 18.2. The van der Waals surface area contributed by atoms with Gasteiger partial charge in [-0.05, 0) is 68.7 Å². The second-order valence-electron chi connectivity index (χ2n) is 10.1. The maximum absolute atomic E-state index is 14.8. The Morgan fingerprint density at radius 1 is 1.31 bits per heavy atom. The monoisotopic (exact) mass is 503 g/mol. The number of benzene rings is 1. The number of halogens is 1. The Bertz CT molecular complexity index is 1000. The summed E-state index contributed by atoms with van der Waals surface area (Å²) in [6.07, 6.45) is 9.17. The Balaban J connectivity index is 1.37. The van der Waals surface area contributed by atoms with E-state index < -0.39 is 17.8 Å². The van der Waals surface area contributed by atoms with Crippen molar-refractivity contribution in [2.75, 3.05) is 32.5 Å². The number of aliphatic carboxylic acids is 1. The van der Waals surface area contributed by atoms with Crippen LogP contribution in [0.25, 0.3) is 10.9 Å². The Labute approximate surface area is 211 Å². The lowest BCUT2D eigenvalue weighted by Crippen LogP contribution is -2.42. The van der Waals surface area contributed by atoms with Gasteiger partial charge >= 0.3 is 5.97 Å². The van der Waals surface area contributed by atoms with E-state index in [1.165, 1.54) is 31.9 Å². The number of hydrogen-bond donors (Lipinski definition) is 2. The first-order valence-corrected chi connectivity index (χ1v) is 13.9. The fraction of sp³-hybridized carbons (Fsp3) is 0.630. The molecule has 2 aliphatic rings. The molecule has 0 amide bonds. The molecule has 6 nitrogen and oxygen atoms in total. The van der Waals surface area contributed by atoms with E-state index in [0.717, 1.165) is 43.5 Å². The van der Waals surface area contributed by atoms with Crippen molar-refractivity contribution in [1.29, 1.82) is 0 Å². The molecule has 1 aromatic carbocycles. The Morgan fingerprint density at radius 2 is 2.11 bits per heavy atom. The molecule has 2 unspecified atom stereocenters. The van der Waals surface area contributed by atoms with Crippen LogP contribution in [0.1, 0.15) is 63.0 Å². The molecule has 3 atom stereocenters. The van der Waals surface area contributed by atoms with Gasteiger partial charge in [-0.1, -0.05) is 12.8 Å². The minimum absolute atomic E-state index is 0.101. The number of rotatable bonds is 11. The molecule has 1 saturated heterocycles. The molecule has 1 aromatic heterocycles. The van der Waals surface area contributed by atoms with Crippen molar-refractivity contribution in [2.24, 2.45) is 17.6 Å². The zero-order valence-corrected chi connectivity index (χ0v) is 21.4. The zero-order valence-electron chi connectivity index (χ0n) is 20.6. The summed E-state index contributed by atoms with van der Waals surface area (Å²) >= 11 is 2.09. The number of hydrogen-bond acceptors (Lipinski definition) is 6. The third-order valence-electron chi connectivity index (χ3n) is 7.76. The molecule has 2 heterocycles. The van der Waals surface area contributed by atoms with E-state index in [4.69, 9.17) is 10.5 Å². The standard InChI is InChI=1S/C27H38FN3O3S/c1-34-20-7-9-25-22(15-20)27(23(28)16-30-25)24(29)8-6-18-10-11-31(17-19(18)14-26(32)33)12-13-35-21-4-2-3-5-21/h7,9,15-16,18-19,21,24H,2-6,8,10-14,17,29H2,1H3,(H,32,33)/t18?,19?,24-/m1/s1. The summed E-state index contributed by atoms with van der Waals surface area (Å²) in [5.41, 5.74) is 7.68. The number of pyridine rings is 1. The number of carbonyl (C=O) groups is 1. The van der Waals surface area contributed by atoms with Crippen LogP contribution >= 0.6 is 11.8 Å². The summed E-state index contributed by atoms with van der Waals surface area (Å²) in [6, 6.07) is 4.92. The first-order chi connectivity index (χ1) is 16.9. The molecule has 4 rings (SSSR count). The molecule has 35 heavy (non-hydrogen) atoms. The van der Waals surface area contributed by atoms with E-state index in [2.05, 4.69) is 21.6 Å². The van der Waals surface area contributed by atoms with E-state index in [9.17, 15) is 14.3 Å². The van der Waals surface area contributed by atoms with Crippen LogP contribution < -0.4 is 10.5 Å². The summed E-state index contributed by atoms with van der Waals surface area (Å²) in [6.45, 7) is 2.84. The summed E-state index contributed by atoms with van der Waals surface area (Å²) in [7, 11) is 1.58. The Hall–Kier alpha value is -1.90. The van der Waals surface area contributed by atoms with Crippen molar-refractivity contribution in [2.45, 2.75) is 62.7 Å². The number of nitrogens with zero attached hydrogens (tertiary/aromatic N) is 2. The van der Waals surface area contributed by atoms with Gasteiger partial charge in [0, 0.05) is 47.5 Å². The van der Waals surface area contributed by atoms with E-state index in [1.54, 1.807) is 19.2 Å². The van der Waals surface area contributed by atoms with Crippen molar-refractivity contribution in [3.05, 3.63) is 35.8 Å². The van der Waals surface area contributed by atoms with Gasteiger partial charge in [-0.3, -0.25) is 9.78 Å². The van der Waals surface area contributed by atoms with E-state index in [0.29, 0.717) is 28.6 Å². The number of fused-ring (bicyclic) bond motifs is 1. The average molecular weight is 504 g/mol. The van der Waals surface area contributed by atoms with Crippen LogP contribution in [0.4, 0.5) is 4.39 Å². The molecule has 0 radical (unpaired) electrons. The first-order valence-electron chi connectivity index (χ1n) is 12.9. The molecule has 8 heteroatoms. The summed E-state index contributed by atoms with van der Waals surface area (Å²) < 4.78 is 20.1. The molecule has 1 saturated carbocycles. The van der Waals surface area contributed by atoms with Crippen LogP contribution in [0.5, 0.6) is 5.75 Å². The number of carboxylic acid groups (broad SMARTS) is 1. The van der Waals surface area contributed by atoms with Gasteiger partial charge in [0.1, 0.15) is 11.6 Å². The second kappa shape index (κ2) is 12.4. The smallest absolute Gasteiger partial charge is 0.303 e. The van der Waals surface area contributed by atoms with Crippen molar-refractivity contribution in [1.82, 2.24) is 9.88 Å². The lowest BCUT2D eigenvalue weighted by molar-refractivity contribution is -0.139. The molecule has 192 valence electrons. The lowest BCUT2D eigenvalue weighted by atomic mass is 9.79. The number of carboxylic acids is 1. The maximum Gasteiger partial charge on any atom is 0.303 e. The molecule has 1 aliphatic heterocycles. The van der Waals surface area contributed by atoms with Crippen molar-refractivity contribution in [3.63, 3.8) is 0 Å². The molecule has 3 N–H and O–H groups in total. The minimum Gasteiger partial charge on any atom is -0.497 e. The number of thioether (sulfide) groups is 1. The van der Waals surface area contributed by atoms with Crippen molar-refractivity contribution >= 4 is 28.6 Å². The van der Waals surface area contributed by atoms with Gasteiger partial charge in [-0.15, -0.1) is 0 Å². The number of aromatic nitrogens is 1. The van der Waals surface area contributed by atoms with E-state index in [-0.39, 0.29) is 18.3 Å². The first kappa shape index (κ1) is 26.2. The number of ether oxygens (including phenoxy) is 1. The SMILES string of the molecule is COc1ccc2ncc(F)c([C@H](N)CCC3CCN(CCSC4CCCC4)CC3CC(=O)O)c2c1. The molecule has 0 bridgehead atoms. The highest BCUT2D eigenvalue weighted by molar-refractivity contribution is 7.99. The Morgan fingerprint density at radius 3 is 2.86 bits per heavy atom. The van der Waals surface area contributed by atoms with Crippen LogP contribution in [0.2, 0.25) is 0 Å². The minimum atomic E-state index is -0.746. The topological polar surface area (TPSA) is 88.7 Å². The summed E-state index contributed by atoms with van der Waals surface area (Å²) in [5.74, 6) is 0.987. The molecular weight excluding hydrogens is 465 g/mol. The molecule has 0 spiro atoms. The van der Waals surface area contributed by atoms with Gasteiger partial charge in [0.2, 0.25) is 0 Å². The fourth-order valence-corrected chi connectivity index (χ4v) is 7.17. The highest BCUT2D eigenvalue weighted by Gasteiger charge is 2.31. The molecular formula is C27H38FN3O3S. The van der Waals surface area contributed by atoms with E-state index >= 15 is 0 Å².